The van der Waals surface area contributed by atoms with Gasteiger partial charge in [-0.15, -0.1) is 0 Å². The van der Waals surface area contributed by atoms with Crippen LogP contribution >= 0.6 is 0 Å². The fourth-order valence-electron chi connectivity index (χ4n) is 19.2. The maximum absolute atomic E-state index is 13.5. The molecule has 12 N–H and O–H groups in total. The average Bonchev–Trinajstić information content (AvgIpc) is 1.49. The summed E-state index contributed by atoms with van der Waals surface area (Å²) in [5.74, 6) is 1.25. The lowest BCUT2D eigenvalue weighted by Gasteiger charge is -2.34. The summed E-state index contributed by atoms with van der Waals surface area (Å²) >= 11 is 0. The standard InChI is InChI=1S/C30H40N6O6S.C23H29N5O4S.2C23H31N5O4S/c1-6-40-12-13-41-14-15-42-26-17-20(2)16-24(32-26)23-11-10-22(28(33-23)36-19-21(3)18-30(36,4)5)29(37)35-43(38,39)27-9-7-8-25(31)34-27;1-15-13-23(2,3)28(14-15)21-16(9-10-17(26-21)18-7-4-5-12-32-18)22(29)27-33(30,31)19-8-6-11-25-20(19)24;2*1-15-13-23(2,3)28(14-15)21-16(10-11-17(25-21)18-7-4-5-12-32-18)22(29)27-33(30,31)20-9-6-8-19(24)26-20/h7-11,16-17,21H,6,12-15,18-19H2,1-5H3,(H2,31,34)(H,35,37);6-11,15H,4-5,12-14H2,1-3H3,(H2,24,25)(H,27,29);2*6,8-11,15,18H,4-5,7,12-14H2,1-3H3,(H2,24,26)(H,27,29)/t21-;15-;2*15-,18?/m0000/s1. The van der Waals surface area contributed by atoms with Crippen molar-refractivity contribution in [1.29, 1.82) is 0 Å². The van der Waals surface area contributed by atoms with Gasteiger partial charge in [0.25, 0.3) is 63.7 Å². The quantitative estimate of drug-likeness (QED) is 0.0211. The molecule has 16 rings (SSSR count). The normalized spacial score (nSPS) is 20.2. The van der Waals surface area contributed by atoms with Gasteiger partial charge in [-0.25, -0.2) is 72.2 Å². The minimum absolute atomic E-state index is 0.0259. The molecule has 764 valence electrons. The number of pyridine rings is 9. The van der Waals surface area contributed by atoms with Crippen LogP contribution in [-0.4, -0.2) is 203 Å². The SMILES string of the molecule is CCOCCOCCOc1cc(C)cc(-c2ccc(C(=O)NS(=O)(=O)c3cccc(N)n3)c(N3C[C@@H](C)CC3(C)C)n2)n1.C[C@@H]1CN(c2nc(C3=CCCCO3)ccc2C(=O)NS(=O)(=O)c2cccnc2N)C(C)(C)C1.C[C@@H]1CN(c2nc(C3CCCCO3)ccc2C(=O)NS(=O)(=O)c2cccc(N)n2)C(C)(C)C1.C[C@@H]1CN(c2nc(C3CCCCO3)ccc2C(=O)NS(=O)(=O)c2cccc(N)n2)C(C)(C)C1. The molecule has 7 aliphatic heterocycles. The van der Waals surface area contributed by atoms with Crippen LogP contribution in [0.5, 0.6) is 5.88 Å². The summed E-state index contributed by atoms with van der Waals surface area (Å²) in [6.07, 6.45) is 14.5. The van der Waals surface area contributed by atoms with Crippen molar-refractivity contribution in [3.05, 3.63) is 185 Å². The zero-order chi connectivity index (χ0) is 103. The number of nitrogen functional groups attached to an aromatic ring is 4. The Hall–Kier alpha value is -12.4. The number of nitrogens with two attached hydrogens (primary N) is 4. The molecule has 7 aliphatic rings. The van der Waals surface area contributed by atoms with E-state index >= 15 is 0 Å². The number of carbonyl (C=O) groups is 4. The van der Waals surface area contributed by atoms with Crippen molar-refractivity contribution in [1.82, 2.24) is 63.7 Å². The molecule has 0 aromatic carbocycles. The van der Waals surface area contributed by atoms with Gasteiger partial charge in [-0.2, -0.15) is 25.3 Å². The van der Waals surface area contributed by atoms with Gasteiger partial charge in [-0.3, -0.25) is 19.2 Å². The summed E-state index contributed by atoms with van der Waals surface area (Å²) < 4.78 is 146. The van der Waals surface area contributed by atoms with E-state index in [-0.39, 0.29) is 99.9 Å². The van der Waals surface area contributed by atoms with Gasteiger partial charge < -0.3 is 71.0 Å². The molecular formula is C99H131N21O18S4. The highest BCUT2D eigenvalue weighted by Crippen LogP contribution is 2.45. The van der Waals surface area contributed by atoms with Crippen molar-refractivity contribution in [3.63, 3.8) is 0 Å². The van der Waals surface area contributed by atoms with E-state index in [1.807, 2.05) is 37.0 Å². The van der Waals surface area contributed by atoms with Crippen molar-refractivity contribution in [2.75, 3.05) is 122 Å². The summed E-state index contributed by atoms with van der Waals surface area (Å²) in [4.78, 5) is 101. The minimum Gasteiger partial charge on any atom is -0.492 e. The number of allylic oxidation sites excluding steroid dienone is 1. The van der Waals surface area contributed by atoms with E-state index < -0.39 is 63.7 Å². The maximum atomic E-state index is 13.5. The van der Waals surface area contributed by atoms with Gasteiger partial charge >= 0.3 is 0 Å². The molecule has 6 fully saturated rings. The molecular weight excluding hydrogens is 1900 g/mol. The Kier molecular flexibility index (Phi) is 33.9. The summed E-state index contributed by atoms with van der Waals surface area (Å²) in [5.41, 5.74) is 26.4. The number of ether oxygens (including phenoxy) is 6. The van der Waals surface area contributed by atoms with E-state index in [0.717, 1.165) is 107 Å². The number of aromatic nitrogens is 9. The molecule has 0 spiro atoms. The Labute approximate surface area is 831 Å². The first-order chi connectivity index (χ1) is 67.1. The molecule has 0 bridgehead atoms. The van der Waals surface area contributed by atoms with Crippen LogP contribution in [0.1, 0.15) is 243 Å². The van der Waals surface area contributed by atoms with Crippen LogP contribution < -0.4 is 66.2 Å². The van der Waals surface area contributed by atoms with Crippen LogP contribution in [0.3, 0.4) is 0 Å². The number of carbonyl (C=O) groups excluding carboxylic acids is 4. The highest BCUT2D eigenvalue weighted by Gasteiger charge is 2.45. The predicted molar refractivity (Wildman–Crippen MR) is 540 cm³/mol. The number of anilines is 8. The van der Waals surface area contributed by atoms with Crippen molar-refractivity contribution < 1.29 is 81.3 Å². The fraction of sp³-hybridized carbons (Fsp3) is 0.485. The second-order valence-electron chi connectivity index (χ2n) is 39.4. The summed E-state index contributed by atoms with van der Waals surface area (Å²) in [7, 11) is -16.9. The van der Waals surface area contributed by atoms with Crippen molar-refractivity contribution in [3.8, 4) is 17.3 Å². The number of nitrogens with one attached hydrogen (secondary N) is 4. The third-order valence-corrected chi connectivity index (χ3v) is 30.4. The molecule has 2 unspecified atom stereocenters. The van der Waals surface area contributed by atoms with E-state index in [4.69, 9.17) is 71.3 Å². The molecule has 43 heteroatoms. The van der Waals surface area contributed by atoms with E-state index in [1.54, 1.807) is 48.5 Å². The van der Waals surface area contributed by atoms with Gasteiger partial charge in [-0.05, 0) is 285 Å². The number of nitrogens with zero attached hydrogens (tertiary/aromatic N) is 13. The molecule has 6 atom stereocenters. The van der Waals surface area contributed by atoms with Gasteiger partial charge in [0.05, 0.1) is 83.7 Å². The van der Waals surface area contributed by atoms with Crippen LogP contribution in [-0.2, 0) is 63.8 Å². The second-order valence-corrected chi connectivity index (χ2v) is 45.9. The Balaban J connectivity index is 0.000000160. The molecule has 9 aromatic rings. The Morgan fingerprint density at radius 1 is 0.423 bits per heavy atom. The first kappa shape index (κ1) is 107. The van der Waals surface area contributed by atoms with Gasteiger partial charge in [-0.1, -0.05) is 45.9 Å². The first-order valence-electron chi connectivity index (χ1n) is 47.8. The van der Waals surface area contributed by atoms with E-state index in [0.29, 0.717) is 142 Å². The topological polar surface area (TPSA) is 541 Å². The third kappa shape index (κ3) is 26.5. The van der Waals surface area contributed by atoms with Crippen LogP contribution in [0.25, 0.3) is 17.1 Å². The molecule has 0 aliphatic carbocycles. The second kappa shape index (κ2) is 45.1. The number of amides is 4. The van der Waals surface area contributed by atoms with Crippen LogP contribution in [0.15, 0.2) is 160 Å². The van der Waals surface area contributed by atoms with Crippen molar-refractivity contribution >= 4 is 116 Å². The van der Waals surface area contributed by atoms with Crippen molar-refractivity contribution in [2.45, 2.75) is 228 Å². The van der Waals surface area contributed by atoms with Gasteiger partial charge in [0, 0.05) is 80.4 Å². The lowest BCUT2D eigenvalue weighted by Crippen LogP contribution is -2.41. The van der Waals surface area contributed by atoms with Crippen LogP contribution in [0, 0.1) is 30.6 Å². The number of hydrogen-bond donors (Lipinski definition) is 8. The summed E-state index contributed by atoms with van der Waals surface area (Å²) in [5, 5.41) is -0.973. The zero-order valence-corrected chi connectivity index (χ0v) is 86.1. The smallest absolute Gasteiger partial charge is 0.281 e. The molecule has 16 heterocycles. The number of rotatable bonds is 28. The summed E-state index contributed by atoms with van der Waals surface area (Å²) in [6.45, 7) is 36.4. The maximum Gasteiger partial charge on any atom is 0.281 e. The lowest BCUT2D eigenvalue weighted by atomic mass is 9.97. The fourth-order valence-corrected chi connectivity index (χ4v) is 23.1. The first-order valence-corrected chi connectivity index (χ1v) is 53.7. The van der Waals surface area contributed by atoms with E-state index in [1.165, 1.54) is 72.9 Å². The zero-order valence-electron chi connectivity index (χ0n) is 82.8. The van der Waals surface area contributed by atoms with E-state index in [2.05, 4.69) is 142 Å². The molecule has 39 nitrogen and oxygen atoms in total. The number of aryl methyl sites for hydroxylation is 1. The molecule has 0 radical (unpaired) electrons. The largest absolute Gasteiger partial charge is 0.492 e. The van der Waals surface area contributed by atoms with Gasteiger partial charge in [0.15, 0.2) is 15.1 Å². The van der Waals surface area contributed by atoms with Gasteiger partial charge in [0.2, 0.25) is 5.88 Å². The molecule has 0 saturated carbocycles. The molecule has 4 amide bonds. The van der Waals surface area contributed by atoms with E-state index in [9.17, 15) is 52.8 Å². The highest BCUT2D eigenvalue weighted by atomic mass is 32.2. The molecule has 9 aromatic heterocycles. The van der Waals surface area contributed by atoms with Crippen LogP contribution in [0.2, 0.25) is 0 Å². The lowest BCUT2D eigenvalue weighted by molar-refractivity contribution is 0.0122. The highest BCUT2D eigenvalue weighted by molar-refractivity contribution is 7.91. The minimum atomic E-state index is -4.28. The summed E-state index contributed by atoms with van der Waals surface area (Å²) in [6, 6.07) is 32.5. The molecule has 142 heavy (non-hydrogen) atoms. The average molecular weight is 2030 g/mol. The Morgan fingerprint density at radius 3 is 1.18 bits per heavy atom. The van der Waals surface area contributed by atoms with Crippen molar-refractivity contribution in [2.24, 2.45) is 23.7 Å². The Morgan fingerprint density at radius 2 is 0.810 bits per heavy atom. The number of hydrogen-bond acceptors (Lipinski definition) is 35. The third-order valence-electron chi connectivity index (χ3n) is 25.4. The Bertz CT molecular complexity index is 6420. The molecule has 6 saturated heterocycles. The monoisotopic (exact) mass is 2030 g/mol. The predicted octanol–water partition coefficient (Wildman–Crippen LogP) is 12.6. The van der Waals surface area contributed by atoms with Gasteiger partial charge in [0.1, 0.15) is 69.5 Å². The number of sulfonamides is 4. The van der Waals surface area contributed by atoms with Crippen LogP contribution in [0.4, 0.5) is 46.5 Å².